The summed E-state index contributed by atoms with van der Waals surface area (Å²) in [5, 5.41) is 17.8. The molecular formula is C18H20O6Pd-2. The molecule has 0 amide bonds. The van der Waals surface area contributed by atoms with Crippen molar-refractivity contribution in [3.63, 3.8) is 0 Å². The summed E-state index contributed by atoms with van der Waals surface area (Å²) in [6.45, 7) is 1.94. The molecule has 0 saturated heterocycles. The molecule has 7 heteroatoms. The van der Waals surface area contributed by atoms with Gasteiger partial charge in [0.25, 0.3) is 0 Å². The molecule has 2 rings (SSSR count). The molecule has 140 valence electrons. The van der Waals surface area contributed by atoms with Crippen LogP contribution in [0.3, 0.4) is 0 Å². The number of hydrogen-bond donors (Lipinski definition) is 0. The third kappa shape index (κ3) is 26.8. The van der Waals surface area contributed by atoms with Crippen molar-refractivity contribution in [2.45, 2.75) is 13.8 Å². The Kier molecular flexibility index (Phi) is 21.6. The molecule has 0 spiro atoms. The van der Waals surface area contributed by atoms with Gasteiger partial charge in [0, 0.05) is 23.4 Å². The third-order valence-corrected chi connectivity index (χ3v) is 1.85. The Balaban J connectivity index is -0.000000270. The van der Waals surface area contributed by atoms with Crippen LogP contribution in [0.5, 0.6) is 11.5 Å². The Hall–Kier alpha value is -2.36. The number of carboxylic acid groups (broad SMARTS) is 2. The topological polar surface area (TPSA) is 98.7 Å². The summed E-state index contributed by atoms with van der Waals surface area (Å²) in [4.78, 5) is 17.8. The first kappa shape index (κ1) is 27.5. The van der Waals surface area contributed by atoms with Gasteiger partial charge in [-0.2, -0.15) is 36.4 Å². The van der Waals surface area contributed by atoms with Crippen LogP contribution in [0.1, 0.15) is 13.8 Å². The normalized spacial score (nSPS) is 7.52. The van der Waals surface area contributed by atoms with Crippen LogP contribution in [0.25, 0.3) is 0 Å². The van der Waals surface area contributed by atoms with Gasteiger partial charge < -0.3 is 29.3 Å². The van der Waals surface area contributed by atoms with Crippen molar-refractivity contribution in [1.82, 2.24) is 0 Å². The fourth-order valence-corrected chi connectivity index (χ4v) is 1.02. The maximum atomic E-state index is 8.89. The number of carbonyl (C=O) groups is 2. The molecule has 0 aromatic heterocycles. The fraction of sp³-hybridized carbons (Fsp3) is 0.222. The Morgan fingerprint density at radius 3 is 1.08 bits per heavy atom. The summed E-state index contributed by atoms with van der Waals surface area (Å²) in [5.41, 5.74) is 0. The molecule has 0 radical (unpaired) electrons. The largest absolute Gasteiger partial charge is 2.00 e. The smallest absolute Gasteiger partial charge is 0.550 e. The van der Waals surface area contributed by atoms with Gasteiger partial charge >= 0.3 is 20.4 Å². The van der Waals surface area contributed by atoms with Gasteiger partial charge in [-0.05, 0) is 13.8 Å². The molecular weight excluding hydrogens is 419 g/mol. The van der Waals surface area contributed by atoms with Crippen LogP contribution in [-0.4, -0.2) is 26.2 Å². The fourth-order valence-electron chi connectivity index (χ4n) is 1.02. The van der Waals surface area contributed by atoms with Crippen LogP contribution in [0, 0.1) is 12.1 Å². The molecule has 0 aliphatic rings. The summed E-state index contributed by atoms with van der Waals surface area (Å²) >= 11 is 0. The zero-order valence-corrected chi connectivity index (χ0v) is 15.9. The molecule has 0 atom stereocenters. The maximum Gasteiger partial charge on any atom is 2.00 e. The number of benzene rings is 2. The average Bonchev–Trinajstić information content (AvgIpc) is 2.56. The van der Waals surface area contributed by atoms with Crippen molar-refractivity contribution in [2.24, 2.45) is 0 Å². The van der Waals surface area contributed by atoms with E-state index in [9.17, 15) is 0 Å². The molecule has 0 N–H and O–H groups in total. The van der Waals surface area contributed by atoms with Crippen LogP contribution >= 0.6 is 0 Å². The van der Waals surface area contributed by atoms with E-state index in [0.29, 0.717) is 0 Å². The van der Waals surface area contributed by atoms with Crippen LogP contribution in [0.15, 0.2) is 48.5 Å². The second kappa shape index (κ2) is 19.7. The van der Waals surface area contributed by atoms with Crippen molar-refractivity contribution < 1.29 is 49.7 Å². The molecule has 2 aromatic carbocycles. The number of carboxylic acids is 2. The molecule has 0 aliphatic carbocycles. The van der Waals surface area contributed by atoms with E-state index in [2.05, 4.69) is 12.1 Å². The number of methoxy groups -OCH3 is 2. The van der Waals surface area contributed by atoms with Crippen LogP contribution in [-0.2, 0) is 30.0 Å². The minimum atomic E-state index is -1.08. The predicted molar refractivity (Wildman–Crippen MR) is 85.0 cm³/mol. The molecule has 0 bridgehead atoms. The Labute approximate surface area is 162 Å². The van der Waals surface area contributed by atoms with E-state index in [-0.39, 0.29) is 20.4 Å². The Morgan fingerprint density at radius 2 is 0.960 bits per heavy atom. The number of aliphatic carboxylic acids is 2. The van der Waals surface area contributed by atoms with Gasteiger partial charge in [-0.15, -0.1) is 24.3 Å². The number of ether oxygens (including phenoxy) is 2. The molecule has 25 heavy (non-hydrogen) atoms. The first-order chi connectivity index (χ1) is 11.3. The second-order valence-electron chi connectivity index (χ2n) is 3.86. The van der Waals surface area contributed by atoms with Crippen molar-refractivity contribution >= 4 is 11.9 Å². The minimum absolute atomic E-state index is 0. The molecule has 0 unspecified atom stereocenters. The van der Waals surface area contributed by atoms with Gasteiger partial charge in [0.15, 0.2) is 0 Å². The van der Waals surface area contributed by atoms with Gasteiger partial charge in [-0.1, -0.05) is 0 Å². The first-order valence-corrected chi connectivity index (χ1v) is 6.68. The van der Waals surface area contributed by atoms with E-state index in [1.54, 1.807) is 14.2 Å². The van der Waals surface area contributed by atoms with Gasteiger partial charge in [-0.3, -0.25) is 0 Å². The monoisotopic (exact) mass is 438 g/mol. The van der Waals surface area contributed by atoms with E-state index in [0.717, 1.165) is 25.3 Å². The van der Waals surface area contributed by atoms with E-state index in [1.807, 2.05) is 48.5 Å². The number of carbonyl (C=O) groups excluding carboxylic acids is 2. The van der Waals surface area contributed by atoms with Crippen molar-refractivity contribution in [2.75, 3.05) is 14.2 Å². The average molecular weight is 439 g/mol. The molecule has 0 heterocycles. The molecule has 0 fully saturated rings. The predicted octanol–water partition coefficient (Wildman–Crippen LogP) is 0.501. The summed E-state index contributed by atoms with van der Waals surface area (Å²) in [5.74, 6) is -0.410. The SMILES string of the molecule is CC(=O)[O-].CC(=O)[O-].COc1cc[c-]cc1.COc1cc[c-]cc1.[Pd+2]. The van der Waals surface area contributed by atoms with Crippen LogP contribution in [0.4, 0.5) is 0 Å². The van der Waals surface area contributed by atoms with E-state index in [1.165, 1.54) is 0 Å². The van der Waals surface area contributed by atoms with E-state index in [4.69, 9.17) is 29.3 Å². The number of hydrogen-bond acceptors (Lipinski definition) is 6. The summed E-state index contributed by atoms with van der Waals surface area (Å²) in [6, 6.07) is 20.5. The molecule has 6 nitrogen and oxygen atoms in total. The Morgan fingerprint density at radius 1 is 0.760 bits per heavy atom. The molecule has 0 saturated carbocycles. The zero-order valence-electron chi connectivity index (χ0n) is 14.4. The van der Waals surface area contributed by atoms with E-state index >= 15 is 0 Å². The standard InChI is InChI=1S/2C7H7O.2C2H4O2.Pd/c2*1-8-7-5-3-2-4-6-7;2*1-2(3)4;/h2*3-6H,1H3;2*1H3,(H,3,4);/q2*-1;;;+2/p-2. The minimum Gasteiger partial charge on any atom is -0.550 e. The number of rotatable bonds is 2. The van der Waals surface area contributed by atoms with E-state index < -0.39 is 11.9 Å². The van der Waals surface area contributed by atoms with Gasteiger partial charge in [0.1, 0.15) is 0 Å². The zero-order chi connectivity index (χ0) is 18.8. The Bertz CT molecular complexity index is 487. The van der Waals surface area contributed by atoms with Gasteiger partial charge in [0.05, 0.1) is 14.2 Å². The quantitative estimate of drug-likeness (QED) is 0.500. The van der Waals surface area contributed by atoms with Crippen molar-refractivity contribution in [3.8, 4) is 11.5 Å². The van der Waals surface area contributed by atoms with Crippen LogP contribution in [0.2, 0.25) is 0 Å². The molecule has 0 aliphatic heterocycles. The molecule has 2 aromatic rings. The van der Waals surface area contributed by atoms with Crippen molar-refractivity contribution in [1.29, 1.82) is 0 Å². The van der Waals surface area contributed by atoms with Crippen LogP contribution < -0.4 is 19.7 Å². The maximum absolute atomic E-state index is 8.89. The van der Waals surface area contributed by atoms with Gasteiger partial charge in [-0.25, -0.2) is 0 Å². The summed E-state index contributed by atoms with van der Waals surface area (Å²) < 4.78 is 9.79. The first-order valence-electron chi connectivity index (χ1n) is 6.68. The van der Waals surface area contributed by atoms with Crippen molar-refractivity contribution in [3.05, 3.63) is 60.7 Å². The summed E-state index contributed by atoms with van der Waals surface area (Å²) in [6.07, 6.45) is 0. The summed E-state index contributed by atoms with van der Waals surface area (Å²) in [7, 11) is 3.30. The van der Waals surface area contributed by atoms with Gasteiger partial charge in [0.2, 0.25) is 0 Å². The second-order valence-corrected chi connectivity index (χ2v) is 3.86. The third-order valence-electron chi connectivity index (χ3n) is 1.85.